The molecule has 1 unspecified atom stereocenters. The number of hydrogen-bond donors (Lipinski definition) is 1. The maximum atomic E-state index is 11.0. The van der Waals surface area contributed by atoms with Crippen molar-refractivity contribution in [3.8, 4) is 0 Å². The van der Waals surface area contributed by atoms with E-state index in [2.05, 4.69) is 12.2 Å². The SMILES string of the molecule is CCCCCCCNC(=O)C(C)Cl. The largest absolute Gasteiger partial charge is 0.355 e. The van der Waals surface area contributed by atoms with Gasteiger partial charge < -0.3 is 5.32 Å². The van der Waals surface area contributed by atoms with Gasteiger partial charge in [0.15, 0.2) is 0 Å². The van der Waals surface area contributed by atoms with Crippen molar-refractivity contribution in [2.24, 2.45) is 0 Å². The van der Waals surface area contributed by atoms with Crippen LogP contribution in [0.4, 0.5) is 0 Å². The third-order valence-corrected chi connectivity index (χ3v) is 2.14. The topological polar surface area (TPSA) is 29.1 Å². The number of unbranched alkanes of at least 4 members (excludes halogenated alkanes) is 4. The second-order valence-electron chi connectivity index (χ2n) is 3.32. The average molecular weight is 206 g/mol. The van der Waals surface area contributed by atoms with Gasteiger partial charge in [-0.25, -0.2) is 0 Å². The summed E-state index contributed by atoms with van der Waals surface area (Å²) < 4.78 is 0. The van der Waals surface area contributed by atoms with Gasteiger partial charge in [-0.15, -0.1) is 11.6 Å². The Morgan fingerprint density at radius 2 is 1.92 bits per heavy atom. The van der Waals surface area contributed by atoms with Gasteiger partial charge in [0.1, 0.15) is 5.38 Å². The van der Waals surface area contributed by atoms with Crippen LogP contribution in [0, 0.1) is 0 Å². The van der Waals surface area contributed by atoms with Gasteiger partial charge in [-0.1, -0.05) is 32.6 Å². The maximum absolute atomic E-state index is 11.0. The van der Waals surface area contributed by atoms with Gasteiger partial charge in [-0.3, -0.25) is 4.79 Å². The van der Waals surface area contributed by atoms with Crippen LogP contribution in [0.25, 0.3) is 0 Å². The van der Waals surface area contributed by atoms with Crippen LogP contribution in [0.15, 0.2) is 0 Å². The Balaban J connectivity index is 3.12. The predicted octanol–water partition coefficient (Wildman–Crippen LogP) is 2.70. The molecule has 13 heavy (non-hydrogen) atoms. The van der Waals surface area contributed by atoms with Crippen molar-refractivity contribution in [2.45, 2.75) is 51.3 Å². The summed E-state index contributed by atoms with van der Waals surface area (Å²) in [7, 11) is 0. The van der Waals surface area contributed by atoms with Gasteiger partial charge in [0, 0.05) is 6.54 Å². The molecule has 1 N–H and O–H groups in total. The van der Waals surface area contributed by atoms with Gasteiger partial charge in [0.2, 0.25) is 5.91 Å². The van der Waals surface area contributed by atoms with Crippen molar-refractivity contribution >= 4 is 17.5 Å². The van der Waals surface area contributed by atoms with Crippen LogP contribution >= 0.6 is 11.6 Å². The first-order valence-corrected chi connectivity index (χ1v) is 5.54. The molecule has 0 saturated heterocycles. The maximum Gasteiger partial charge on any atom is 0.237 e. The summed E-state index contributed by atoms with van der Waals surface area (Å²) in [5, 5.41) is 2.38. The first kappa shape index (κ1) is 12.8. The van der Waals surface area contributed by atoms with Crippen LogP contribution in [0.3, 0.4) is 0 Å². The lowest BCUT2D eigenvalue weighted by Gasteiger charge is -2.05. The molecule has 3 heteroatoms. The fraction of sp³-hybridized carbons (Fsp3) is 0.900. The number of halogens is 1. The second-order valence-corrected chi connectivity index (χ2v) is 3.98. The van der Waals surface area contributed by atoms with Gasteiger partial charge in [0.25, 0.3) is 0 Å². The quantitative estimate of drug-likeness (QED) is 0.503. The minimum absolute atomic E-state index is 0.0582. The van der Waals surface area contributed by atoms with Gasteiger partial charge in [0.05, 0.1) is 0 Å². The Kier molecular flexibility index (Phi) is 8.21. The molecule has 0 fully saturated rings. The Labute approximate surface area is 86.0 Å². The monoisotopic (exact) mass is 205 g/mol. The summed E-state index contributed by atoms with van der Waals surface area (Å²) in [6, 6.07) is 0. The molecular weight excluding hydrogens is 186 g/mol. The van der Waals surface area contributed by atoms with Crippen LogP contribution in [-0.4, -0.2) is 17.8 Å². The van der Waals surface area contributed by atoms with E-state index in [0.29, 0.717) is 0 Å². The summed E-state index contributed by atoms with van der Waals surface area (Å²) in [4.78, 5) is 11.0. The number of carbonyl (C=O) groups is 1. The van der Waals surface area contributed by atoms with Crippen molar-refractivity contribution < 1.29 is 4.79 Å². The molecule has 0 rings (SSSR count). The lowest BCUT2D eigenvalue weighted by atomic mass is 10.1. The highest BCUT2D eigenvalue weighted by Crippen LogP contribution is 2.01. The molecule has 78 valence electrons. The molecule has 1 amide bonds. The molecule has 0 bridgehead atoms. The Morgan fingerprint density at radius 1 is 1.31 bits per heavy atom. The number of hydrogen-bond acceptors (Lipinski definition) is 1. The summed E-state index contributed by atoms with van der Waals surface area (Å²) >= 11 is 5.58. The Hall–Kier alpha value is -0.240. The summed E-state index contributed by atoms with van der Waals surface area (Å²) in [6.07, 6.45) is 6.08. The van der Waals surface area contributed by atoms with E-state index in [4.69, 9.17) is 11.6 Å². The molecule has 2 nitrogen and oxygen atoms in total. The second kappa shape index (κ2) is 8.36. The van der Waals surface area contributed by atoms with E-state index < -0.39 is 5.38 Å². The van der Waals surface area contributed by atoms with E-state index in [0.717, 1.165) is 13.0 Å². The standard InChI is InChI=1S/C10H20ClNO/c1-3-4-5-6-7-8-12-10(13)9(2)11/h9H,3-8H2,1-2H3,(H,12,13). The molecule has 0 saturated carbocycles. The van der Waals surface area contributed by atoms with E-state index >= 15 is 0 Å². The molecule has 0 aliphatic rings. The predicted molar refractivity (Wildman–Crippen MR) is 57.1 cm³/mol. The van der Waals surface area contributed by atoms with E-state index in [9.17, 15) is 4.79 Å². The molecule has 0 radical (unpaired) electrons. The average Bonchev–Trinajstić information content (AvgIpc) is 2.10. The highest BCUT2D eigenvalue weighted by molar-refractivity contribution is 6.30. The highest BCUT2D eigenvalue weighted by atomic mass is 35.5. The van der Waals surface area contributed by atoms with Crippen LogP contribution in [0.1, 0.15) is 46.0 Å². The molecule has 1 atom stereocenters. The molecule has 0 spiro atoms. The van der Waals surface area contributed by atoms with Crippen molar-refractivity contribution in [3.63, 3.8) is 0 Å². The molecule has 0 aliphatic carbocycles. The van der Waals surface area contributed by atoms with E-state index in [1.807, 2.05) is 0 Å². The minimum atomic E-state index is -0.407. The summed E-state index contributed by atoms with van der Waals surface area (Å²) in [5.74, 6) is -0.0582. The minimum Gasteiger partial charge on any atom is -0.355 e. The zero-order valence-corrected chi connectivity index (χ0v) is 9.36. The highest BCUT2D eigenvalue weighted by Gasteiger charge is 2.06. The van der Waals surface area contributed by atoms with Crippen LogP contribution in [0.5, 0.6) is 0 Å². The molecule has 0 aromatic rings. The Morgan fingerprint density at radius 3 is 2.46 bits per heavy atom. The summed E-state index contributed by atoms with van der Waals surface area (Å²) in [6.45, 7) is 4.64. The fourth-order valence-corrected chi connectivity index (χ4v) is 1.16. The lowest BCUT2D eigenvalue weighted by molar-refractivity contribution is -0.120. The van der Waals surface area contributed by atoms with Crippen LogP contribution in [0.2, 0.25) is 0 Å². The molecule has 0 aromatic heterocycles. The van der Waals surface area contributed by atoms with Gasteiger partial charge >= 0.3 is 0 Å². The van der Waals surface area contributed by atoms with Crippen LogP contribution < -0.4 is 5.32 Å². The number of amides is 1. The number of alkyl halides is 1. The van der Waals surface area contributed by atoms with Crippen molar-refractivity contribution in [1.82, 2.24) is 5.32 Å². The van der Waals surface area contributed by atoms with E-state index in [1.54, 1.807) is 6.92 Å². The third kappa shape index (κ3) is 8.10. The fourth-order valence-electron chi connectivity index (χ4n) is 1.08. The van der Waals surface area contributed by atoms with Crippen molar-refractivity contribution in [1.29, 1.82) is 0 Å². The molecular formula is C10H20ClNO. The number of rotatable bonds is 7. The smallest absolute Gasteiger partial charge is 0.237 e. The summed E-state index contributed by atoms with van der Waals surface area (Å²) in [5.41, 5.74) is 0. The third-order valence-electron chi connectivity index (χ3n) is 1.94. The Bertz CT molecular complexity index is 137. The zero-order chi connectivity index (χ0) is 10.1. The first-order valence-electron chi connectivity index (χ1n) is 5.10. The molecule has 0 aliphatic heterocycles. The normalized spacial score (nSPS) is 12.5. The van der Waals surface area contributed by atoms with Gasteiger partial charge in [-0.05, 0) is 13.3 Å². The van der Waals surface area contributed by atoms with Gasteiger partial charge in [-0.2, -0.15) is 0 Å². The molecule has 0 heterocycles. The van der Waals surface area contributed by atoms with Crippen LogP contribution in [-0.2, 0) is 4.79 Å². The van der Waals surface area contributed by atoms with E-state index in [1.165, 1.54) is 25.7 Å². The number of nitrogens with one attached hydrogen (secondary N) is 1. The zero-order valence-electron chi connectivity index (χ0n) is 8.61. The first-order chi connectivity index (χ1) is 6.18. The number of carbonyl (C=O) groups excluding carboxylic acids is 1. The van der Waals surface area contributed by atoms with Crippen molar-refractivity contribution in [2.75, 3.05) is 6.54 Å². The van der Waals surface area contributed by atoms with Crippen molar-refractivity contribution in [3.05, 3.63) is 0 Å². The van der Waals surface area contributed by atoms with E-state index in [-0.39, 0.29) is 5.91 Å². The lowest BCUT2D eigenvalue weighted by Crippen LogP contribution is -2.30. The molecule has 0 aromatic carbocycles.